The minimum atomic E-state index is 0.0960. The van der Waals surface area contributed by atoms with E-state index in [0.29, 0.717) is 5.82 Å². The fourth-order valence-electron chi connectivity index (χ4n) is 1.94. The fraction of sp³-hybridized carbons (Fsp3) is 0.583. The first-order chi connectivity index (χ1) is 7.74. The van der Waals surface area contributed by atoms with E-state index in [0.717, 1.165) is 18.4 Å². The summed E-state index contributed by atoms with van der Waals surface area (Å²) in [7, 11) is 3.65. The van der Waals surface area contributed by atoms with E-state index < -0.39 is 0 Å². The number of likely N-dealkylation sites (N-methyl/N-ethyl adjacent to an activating group) is 1. The molecule has 0 spiro atoms. The van der Waals surface area contributed by atoms with Crippen molar-refractivity contribution in [1.29, 1.82) is 0 Å². The Balaban J connectivity index is 2.92. The molecule has 0 fully saturated rings. The molecular weight excluding hydrogens is 202 g/mol. The van der Waals surface area contributed by atoms with Crippen molar-refractivity contribution in [3.8, 4) is 0 Å². The summed E-state index contributed by atoms with van der Waals surface area (Å²) in [5.41, 5.74) is 6.88. The highest BCUT2D eigenvalue weighted by molar-refractivity contribution is 5.41. The highest BCUT2D eigenvalue weighted by Gasteiger charge is 2.22. The Morgan fingerprint density at radius 3 is 2.81 bits per heavy atom. The monoisotopic (exact) mass is 223 g/mol. The van der Waals surface area contributed by atoms with E-state index >= 15 is 0 Å². The second-order valence-electron chi connectivity index (χ2n) is 3.81. The molecule has 4 nitrogen and oxygen atoms in total. The summed E-state index contributed by atoms with van der Waals surface area (Å²) in [4.78, 5) is 4.11. The molecular formula is C12H21N3O. The first-order valence-electron chi connectivity index (χ1n) is 5.65. The second kappa shape index (κ2) is 6.45. The highest BCUT2D eigenvalue weighted by Crippen LogP contribution is 2.25. The van der Waals surface area contributed by atoms with Crippen LogP contribution in [0.4, 0.5) is 5.82 Å². The molecule has 0 radical (unpaired) electrons. The number of aromatic nitrogens is 1. The SMILES string of the molecule is CCCC(OC)C(NC)c1cccnc1N. The van der Waals surface area contributed by atoms with E-state index in [1.807, 2.05) is 19.2 Å². The minimum Gasteiger partial charge on any atom is -0.383 e. The van der Waals surface area contributed by atoms with Crippen molar-refractivity contribution in [2.24, 2.45) is 0 Å². The number of hydrogen-bond donors (Lipinski definition) is 2. The predicted octanol–water partition coefficient (Wildman–Crippen LogP) is 1.74. The lowest BCUT2D eigenvalue weighted by molar-refractivity contribution is 0.0631. The molecule has 0 aromatic carbocycles. The van der Waals surface area contributed by atoms with Gasteiger partial charge in [0.05, 0.1) is 12.1 Å². The summed E-state index contributed by atoms with van der Waals surface area (Å²) in [5.74, 6) is 0.569. The normalized spacial score (nSPS) is 14.7. The third-order valence-corrected chi connectivity index (χ3v) is 2.77. The lowest BCUT2D eigenvalue weighted by Crippen LogP contribution is -2.31. The van der Waals surface area contributed by atoms with Crippen LogP contribution in [0.5, 0.6) is 0 Å². The van der Waals surface area contributed by atoms with Crippen LogP contribution in [0.15, 0.2) is 18.3 Å². The molecule has 0 aliphatic heterocycles. The molecule has 1 aromatic heterocycles. The smallest absolute Gasteiger partial charge is 0.128 e. The van der Waals surface area contributed by atoms with Gasteiger partial charge in [-0.1, -0.05) is 19.4 Å². The lowest BCUT2D eigenvalue weighted by Gasteiger charge is -2.26. The number of nitrogens with zero attached hydrogens (tertiary/aromatic N) is 1. The number of pyridine rings is 1. The number of ether oxygens (including phenoxy) is 1. The van der Waals surface area contributed by atoms with Gasteiger partial charge < -0.3 is 15.8 Å². The molecule has 0 aliphatic rings. The van der Waals surface area contributed by atoms with Gasteiger partial charge in [-0.15, -0.1) is 0 Å². The molecule has 2 atom stereocenters. The van der Waals surface area contributed by atoms with Crippen LogP contribution in [-0.2, 0) is 4.74 Å². The molecule has 0 saturated heterocycles. The summed E-state index contributed by atoms with van der Waals surface area (Å²) in [6.45, 7) is 2.14. The number of nitrogens with one attached hydrogen (secondary N) is 1. The van der Waals surface area contributed by atoms with Crippen LogP contribution in [0.25, 0.3) is 0 Å². The summed E-state index contributed by atoms with van der Waals surface area (Å²) in [6, 6.07) is 3.98. The molecule has 1 aromatic rings. The van der Waals surface area contributed by atoms with Crippen LogP contribution in [0.3, 0.4) is 0 Å². The Kier molecular flexibility index (Phi) is 5.22. The predicted molar refractivity (Wildman–Crippen MR) is 66.2 cm³/mol. The van der Waals surface area contributed by atoms with Gasteiger partial charge in [0.1, 0.15) is 5.82 Å². The quantitative estimate of drug-likeness (QED) is 0.771. The van der Waals surface area contributed by atoms with Crippen molar-refractivity contribution < 1.29 is 4.74 Å². The molecule has 2 unspecified atom stereocenters. The number of rotatable bonds is 6. The Bertz CT molecular complexity index is 317. The number of methoxy groups -OCH3 is 1. The minimum absolute atomic E-state index is 0.0960. The Morgan fingerprint density at radius 1 is 1.56 bits per heavy atom. The van der Waals surface area contributed by atoms with E-state index in [4.69, 9.17) is 10.5 Å². The van der Waals surface area contributed by atoms with Crippen LogP contribution in [0.2, 0.25) is 0 Å². The molecule has 90 valence electrons. The molecule has 0 aliphatic carbocycles. The molecule has 3 N–H and O–H groups in total. The largest absolute Gasteiger partial charge is 0.383 e. The molecule has 0 amide bonds. The van der Waals surface area contributed by atoms with Crippen LogP contribution < -0.4 is 11.1 Å². The summed E-state index contributed by atoms with van der Waals surface area (Å²) < 4.78 is 5.51. The summed E-state index contributed by atoms with van der Waals surface area (Å²) in [6.07, 6.45) is 3.90. The molecule has 4 heteroatoms. The molecule has 1 rings (SSSR count). The first-order valence-corrected chi connectivity index (χ1v) is 5.65. The van der Waals surface area contributed by atoms with Gasteiger partial charge in [-0.3, -0.25) is 0 Å². The van der Waals surface area contributed by atoms with Crippen molar-refractivity contribution in [3.05, 3.63) is 23.9 Å². The number of anilines is 1. The van der Waals surface area contributed by atoms with E-state index in [-0.39, 0.29) is 12.1 Å². The standard InChI is InChI=1S/C12H21N3O/c1-4-6-10(16-3)11(14-2)9-7-5-8-15-12(9)13/h5,7-8,10-11,14H,4,6H2,1-3H3,(H2,13,15). The van der Waals surface area contributed by atoms with Crippen molar-refractivity contribution in [3.63, 3.8) is 0 Å². The average Bonchev–Trinajstić information content (AvgIpc) is 2.31. The van der Waals surface area contributed by atoms with Crippen LogP contribution in [-0.4, -0.2) is 25.2 Å². The van der Waals surface area contributed by atoms with Crippen LogP contribution in [0, 0.1) is 0 Å². The van der Waals surface area contributed by atoms with Crippen molar-refractivity contribution in [2.75, 3.05) is 19.9 Å². The second-order valence-corrected chi connectivity index (χ2v) is 3.81. The molecule has 16 heavy (non-hydrogen) atoms. The van der Waals surface area contributed by atoms with E-state index in [2.05, 4.69) is 17.2 Å². The average molecular weight is 223 g/mol. The zero-order valence-electron chi connectivity index (χ0n) is 10.2. The van der Waals surface area contributed by atoms with Crippen molar-refractivity contribution in [2.45, 2.75) is 31.9 Å². The van der Waals surface area contributed by atoms with Gasteiger partial charge in [-0.05, 0) is 19.5 Å². The van der Waals surface area contributed by atoms with E-state index in [1.54, 1.807) is 13.3 Å². The summed E-state index contributed by atoms with van der Waals surface area (Å²) >= 11 is 0. The van der Waals surface area contributed by atoms with Crippen molar-refractivity contribution in [1.82, 2.24) is 10.3 Å². The highest BCUT2D eigenvalue weighted by atomic mass is 16.5. The van der Waals surface area contributed by atoms with Gasteiger partial charge in [-0.25, -0.2) is 4.98 Å². The molecule has 1 heterocycles. The Hall–Kier alpha value is -1.13. The number of nitrogen functional groups attached to an aromatic ring is 1. The zero-order valence-corrected chi connectivity index (χ0v) is 10.2. The number of hydrogen-bond acceptors (Lipinski definition) is 4. The van der Waals surface area contributed by atoms with Gasteiger partial charge in [0, 0.05) is 18.9 Å². The first kappa shape index (κ1) is 12.9. The van der Waals surface area contributed by atoms with Gasteiger partial charge in [0.15, 0.2) is 0 Å². The van der Waals surface area contributed by atoms with Gasteiger partial charge in [0.2, 0.25) is 0 Å². The van der Waals surface area contributed by atoms with Crippen LogP contribution >= 0.6 is 0 Å². The third-order valence-electron chi connectivity index (χ3n) is 2.77. The molecule has 0 bridgehead atoms. The molecule has 0 saturated carbocycles. The Morgan fingerprint density at radius 2 is 2.31 bits per heavy atom. The Labute approximate surface area is 97.2 Å². The maximum atomic E-state index is 5.88. The van der Waals surface area contributed by atoms with Crippen LogP contribution in [0.1, 0.15) is 31.4 Å². The van der Waals surface area contributed by atoms with Crippen molar-refractivity contribution >= 4 is 5.82 Å². The summed E-state index contributed by atoms with van der Waals surface area (Å²) in [5, 5.41) is 3.25. The lowest BCUT2D eigenvalue weighted by atomic mass is 9.99. The number of nitrogens with two attached hydrogens (primary N) is 1. The van der Waals surface area contributed by atoms with Gasteiger partial charge in [-0.2, -0.15) is 0 Å². The zero-order chi connectivity index (χ0) is 12.0. The topological polar surface area (TPSA) is 60.2 Å². The maximum absolute atomic E-state index is 5.88. The van der Waals surface area contributed by atoms with Gasteiger partial charge in [0.25, 0.3) is 0 Å². The third kappa shape index (κ3) is 2.93. The fourth-order valence-corrected chi connectivity index (χ4v) is 1.94. The van der Waals surface area contributed by atoms with E-state index in [9.17, 15) is 0 Å². The van der Waals surface area contributed by atoms with Gasteiger partial charge >= 0.3 is 0 Å². The maximum Gasteiger partial charge on any atom is 0.128 e. The van der Waals surface area contributed by atoms with E-state index in [1.165, 1.54) is 0 Å².